The number of hydrogen-bond donors (Lipinski definition) is 1. The number of anilines is 1. The van der Waals surface area contributed by atoms with E-state index in [1.54, 1.807) is 48.5 Å². The summed E-state index contributed by atoms with van der Waals surface area (Å²) in [5, 5.41) is 11.9. The van der Waals surface area contributed by atoms with Gasteiger partial charge in [-0.25, -0.2) is 0 Å². The van der Waals surface area contributed by atoms with E-state index in [9.17, 15) is 19.5 Å². The number of ketones is 1. The minimum absolute atomic E-state index is 0.117. The highest BCUT2D eigenvalue weighted by Crippen LogP contribution is 2.44. The molecule has 39 heavy (non-hydrogen) atoms. The van der Waals surface area contributed by atoms with E-state index in [4.69, 9.17) is 30.2 Å². The first-order valence-electron chi connectivity index (χ1n) is 11.7. The predicted octanol–water partition coefficient (Wildman–Crippen LogP) is 5.81. The molecule has 0 radical (unpaired) electrons. The van der Waals surface area contributed by atoms with Gasteiger partial charge in [0.1, 0.15) is 11.5 Å². The van der Waals surface area contributed by atoms with Crippen molar-refractivity contribution in [1.82, 2.24) is 0 Å². The van der Waals surface area contributed by atoms with Crippen LogP contribution in [0.3, 0.4) is 0 Å². The number of esters is 1. The number of rotatable bonds is 7. The van der Waals surface area contributed by atoms with Gasteiger partial charge in [-0.05, 0) is 42.0 Å². The van der Waals surface area contributed by atoms with Crippen LogP contribution in [0.15, 0.2) is 82.5 Å². The summed E-state index contributed by atoms with van der Waals surface area (Å²) in [5.41, 5.74) is 0.973. The Kier molecular flexibility index (Phi) is 6.76. The summed E-state index contributed by atoms with van der Waals surface area (Å²) >= 11 is 6.17. The molecule has 0 bridgehead atoms. The number of furan rings is 1. The first-order chi connectivity index (χ1) is 18.7. The lowest BCUT2D eigenvalue weighted by atomic mass is 9.94. The molecule has 0 saturated carbocycles. The number of aliphatic hydroxyl groups is 1. The van der Waals surface area contributed by atoms with Gasteiger partial charge >= 0.3 is 5.97 Å². The van der Waals surface area contributed by atoms with Crippen molar-refractivity contribution < 1.29 is 38.1 Å². The lowest BCUT2D eigenvalue weighted by molar-refractivity contribution is -0.131. The molecule has 5 rings (SSSR count). The van der Waals surface area contributed by atoms with Gasteiger partial charge in [-0.2, -0.15) is 0 Å². The summed E-state index contributed by atoms with van der Waals surface area (Å²) in [4.78, 5) is 40.0. The maximum Gasteiger partial charge on any atom is 0.308 e. The van der Waals surface area contributed by atoms with E-state index in [2.05, 4.69) is 0 Å². The fraction of sp³-hybridized carbons (Fsp3) is 0.138. The smallest absolute Gasteiger partial charge is 0.308 e. The SMILES string of the molecule is COc1cccc(N2C(=O)C(O)=C(C(=O)c3cc4cc(Cl)cc(OC)c4o3)C2c2ccc(OC(C)=O)cc2)c1. The zero-order valence-corrected chi connectivity index (χ0v) is 21.8. The minimum atomic E-state index is -1.04. The Morgan fingerprint density at radius 3 is 2.38 bits per heavy atom. The van der Waals surface area contributed by atoms with Crippen LogP contribution in [-0.2, 0) is 9.59 Å². The molecule has 0 spiro atoms. The Morgan fingerprint density at radius 1 is 0.974 bits per heavy atom. The Hall–Kier alpha value is -4.76. The van der Waals surface area contributed by atoms with Gasteiger partial charge in [-0.3, -0.25) is 19.3 Å². The van der Waals surface area contributed by atoms with Gasteiger partial charge in [-0.15, -0.1) is 0 Å². The van der Waals surface area contributed by atoms with E-state index in [0.717, 1.165) is 0 Å². The molecular weight excluding hydrogens is 526 g/mol. The summed E-state index contributed by atoms with van der Waals surface area (Å²) < 4.78 is 21.6. The van der Waals surface area contributed by atoms with Crippen LogP contribution >= 0.6 is 11.6 Å². The molecule has 10 heteroatoms. The van der Waals surface area contributed by atoms with Crippen molar-refractivity contribution in [3.05, 3.63) is 94.4 Å². The number of amides is 1. The van der Waals surface area contributed by atoms with Crippen LogP contribution in [0.25, 0.3) is 11.0 Å². The Morgan fingerprint density at radius 2 is 1.72 bits per heavy atom. The average Bonchev–Trinajstić information content (AvgIpc) is 3.46. The number of hydrogen-bond acceptors (Lipinski definition) is 8. The number of nitrogens with zero attached hydrogens (tertiary/aromatic N) is 1. The normalized spacial score (nSPS) is 15.1. The van der Waals surface area contributed by atoms with Crippen LogP contribution < -0.4 is 19.1 Å². The molecule has 1 amide bonds. The summed E-state index contributed by atoms with van der Waals surface area (Å²) in [7, 11) is 2.93. The molecule has 1 unspecified atom stereocenters. The van der Waals surface area contributed by atoms with E-state index in [1.807, 2.05) is 0 Å². The second-order valence-corrected chi connectivity index (χ2v) is 9.11. The van der Waals surface area contributed by atoms with Crippen molar-refractivity contribution in [3.8, 4) is 17.2 Å². The second kappa shape index (κ2) is 10.2. The zero-order valence-electron chi connectivity index (χ0n) is 21.1. The highest BCUT2D eigenvalue weighted by Gasteiger charge is 2.45. The molecule has 2 heterocycles. The number of Topliss-reactive ketones (excluding diaryl/α,β-unsaturated/α-hetero) is 1. The molecule has 0 fully saturated rings. The van der Waals surface area contributed by atoms with Crippen molar-refractivity contribution in [2.75, 3.05) is 19.1 Å². The molecule has 1 aliphatic rings. The summed E-state index contributed by atoms with van der Waals surface area (Å²) in [5.74, 6) is -1.72. The van der Waals surface area contributed by atoms with Crippen LogP contribution in [-0.4, -0.2) is 37.0 Å². The van der Waals surface area contributed by atoms with Crippen LogP contribution in [0, 0.1) is 0 Å². The highest BCUT2D eigenvalue weighted by atomic mass is 35.5. The van der Waals surface area contributed by atoms with Gasteiger partial charge in [-0.1, -0.05) is 29.8 Å². The molecule has 1 aliphatic heterocycles. The van der Waals surface area contributed by atoms with Crippen LogP contribution in [0.5, 0.6) is 17.2 Å². The largest absolute Gasteiger partial charge is 0.503 e. The first-order valence-corrected chi connectivity index (χ1v) is 12.1. The summed E-state index contributed by atoms with van der Waals surface area (Å²) in [6.07, 6.45) is 0. The molecule has 1 N–H and O–H groups in total. The van der Waals surface area contributed by atoms with Gasteiger partial charge in [0.25, 0.3) is 5.91 Å². The van der Waals surface area contributed by atoms with Gasteiger partial charge in [0, 0.05) is 35.2 Å². The van der Waals surface area contributed by atoms with Crippen molar-refractivity contribution in [2.24, 2.45) is 0 Å². The molecule has 1 atom stereocenters. The molecule has 9 nitrogen and oxygen atoms in total. The topological polar surface area (TPSA) is 116 Å². The van der Waals surface area contributed by atoms with E-state index in [0.29, 0.717) is 38.7 Å². The molecule has 0 aliphatic carbocycles. The molecule has 0 saturated heterocycles. The number of carbonyl (C=O) groups is 3. The van der Waals surface area contributed by atoms with E-state index < -0.39 is 29.5 Å². The van der Waals surface area contributed by atoms with Gasteiger partial charge < -0.3 is 23.7 Å². The summed E-state index contributed by atoms with van der Waals surface area (Å²) in [6, 6.07) is 16.6. The first kappa shape index (κ1) is 25.9. The minimum Gasteiger partial charge on any atom is -0.503 e. The van der Waals surface area contributed by atoms with E-state index >= 15 is 0 Å². The van der Waals surface area contributed by atoms with Gasteiger partial charge in [0.15, 0.2) is 22.9 Å². The second-order valence-electron chi connectivity index (χ2n) is 8.67. The Labute approximate surface area is 227 Å². The van der Waals surface area contributed by atoms with Gasteiger partial charge in [0.2, 0.25) is 5.78 Å². The Balaban J connectivity index is 1.64. The lowest BCUT2D eigenvalue weighted by Gasteiger charge is -2.27. The molecule has 3 aromatic carbocycles. The highest BCUT2D eigenvalue weighted by molar-refractivity contribution is 6.31. The number of benzene rings is 3. The Bertz CT molecular complexity index is 1650. The molecule has 1 aromatic heterocycles. The van der Waals surface area contributed by atoms with Crippen LogP contribution in [0.1, 0.15) is 29.1 Å². The quantitative estimate of drug-likeness (QED) is 0.175. The average molecular weight is 548 g/mol. The third kappa shape index (κ3) is 4.68. The van der Waals surface area contributed by atoms with Crippen molar-refractivity contribution in [2.45, 2.75) is 13.0 Å². The number of ether oxygens (including phenoxy) is 3. The number of fused-ring (bicyclic) bond motifs is 1. The molecular formula is C29H22ClNO8. The van der Waals surface area contributed by atoms with Gasteiger partial charge in [0.05, 0.1) is 25.8 Å². The van der Waals surface area contributed by atoms with Crippen molar-refractivity contribution in [3.63, 3.8) is 0 Å². The van der Waals surface area contributed by atoms with E-state index in [-0.39, 0.29) is 17.1 Å². The number of carbonyl (C=O) groups excluding carboxylic acids is 3. The maximum absolute atomic E-state index is 13.9. The molecule has 198 valence electrons. The van der Waals surface area contributed by atoms with Crippen molar-refractivity contribution >= 4 is 45.9 Å². The van der Waals surface area contributed by atoms with Crippen LogP contribution in [0.4, 0.5) is 5.69 Å². The van der Waals surface area contributed by atoms with E-state index in [1.165, 1.54) is 44.2 Å². The monoisotopic (exact) mass is 547 g/mol. The zero-order chi connectivity index (χ0) is 27.8. The standard InChI is InChI=1S/C29H22ClNO8/c1-15(32)38-20-9-7-16(8-10-20)25-24(27(34)29(35)31(25)19-5-4-6-21(14-19)36-2)26(33)22-12-17-11-18(30)13-23(37-3)28(17)39-22/h4-14,25,34H,1-3H3. The predicted molar refractivity (Wildman–Crippen MR) is 143 cm³/mol. The van der Waals surface area contributed by atoms with Crippen LogP contribution in [0.2, 0.25) is 5.02 Å². The number of aliphatic hydroxyl groups excluding tert-OH is 1. The lowest BCUT2D eigenvalue weighted by Crippen LogP contribution is -2.31. The summed E-state index contributed by atoms with van der Waals surface area (Å²) in [6.45, 7) is 1.28. The third-order valence-corrected chi connectivity index (χ3v) is 6.45. The fourth-order valence-electron chi connectivity index (χ4n) is 4.55. The molecule has 4 aromatic rings. The maximum atomic E-state index is 13.9. The fourth-order valence-corrected chi connectivity index (χ4v) is 4.76. The van der Waals surface area contributed by atoms with Crippen molar-refractivity contribution in [1.29, 1.82) is 0 Å². The number of halogens is 1. The number of methoxy groups -OCH3 is 2. The third-order valence-electron chi connectivity index (χ3n) is 6.23.